The van der Waals surface area contributed by atoms with Crippen LogP contribution in [0.25, 0.3) is 0 Å². The summed E-state index contributed by atoms with van der Waals surface area (Å²) in [6.45, 7) is 3.38. The van der Waals surface area contributed by atoms with Gasteiger partial charge in [-0.25, -0.2) is 4.39 Å². The molecule has 2 atom stereocenters. The third-order valence-electron chi connectivity index (χ3n) is 2.92. The first-order valence-electron chi connectivity index (χ1n) is 4.86. The Hall–Kier alpha value is -1.18. The molecule has 0 aromatic heterocycles. The Morgan fingerprint density at radius 1 is 1.50 bits per heavy atom. The van der Waals surface area contributed by atoms with Gasteiger partial charge in [0.1, 0.15) is 11.6 Å². The molecule has 1 aliphatic carbocycles. The molecule has 2 unspecified atom stereocenters. The van der Waals surface area contributed by atoms with Gasteiger partial charge in [-0.3, -0.25) is 4.79 Å². The highest BCUT2D eigenvalue weighted by Crippen LogP contribution is 2.48. The minimum Gasteiger partial charge on any atom is -0.300 e. The molecule has 2 rings (SSSR count). The van der Waals surface area contributed by atoms with Crippen LogP contribution in [0.15, 0.2) is 18.2 Å². The molecular weight excluding hydrogens is 179 g/mol. The fraction of sp³-hybridized carbons (Fsp3) is 0.417. The molecule has 1 aromatic carbocycles. The smallest absolute Gasteiger partial charge is 0.133 e. The van der Waals surface area contributed by atoms with Gasteiger partial charge in [0, 0.05) is 5.92 Å². The van der Waals surface area contributed by atoms with Crippen LogP contribution in [0.4, 0.5) is 4.39 Å². The second kappa shape index (κ2) is 3.19. The molecule has 1 saturated carbocycles. The molecule has 0 heterocycles. The molecule has 0 amide bonds. The molecule has 74 valence electrons. The molecule has 0 aliphatic heterocycles. The first kappa shape index (κ1) is 9.38. The van der Waals surface area contributed by atoms with Crippen molar-refractivity contribution in [1.82, 2.24) is 0 Å². The number of rotatable bonds is 2. The maximum Gasteiger partial charge on any atom is 0.133 e. The SMILES string of the molecule is CC(=O)C1CC1c1ccc(F)c(C)c1. The highest BCUT2D eigenvalue weighted by Gasteiger charge is 2.41. The Morgan fingerprint density at radius 2 is 2.21 bits per heavy atom. The van der Waals surface area contributed by atoms with Crippen molar-refractivity contribution in [2.75, 3.05) is 0 Å². The number of halogens is 1. The predicted octanol–water partition coefficient (Wildman–Crippen LogP) is 2.83. The first-order chi connectivity index (χ1) is 6.59. The number of hydrogen-bond acceptors (Lipinski definition) is 1. The van der Waals surface area contributed by atoms with Crippen LogP contribution in [-0.4, -0.2) is 5.78 Å². The van der Waals surface area contributed by atoms with Crippen LogP contribution in [-0.2, 0) is 4.79 Å². The van der Waals surface area contributed by atoms with Gasteiger partial charge in [-0.2, -0.15) is 0 Å². The van der Waals surface area contributed by atoms with Crippen molar-refractivity contribution in [2.45, 2.75) is 26.2 Å². The molecular formula is C12H13FO. The van der Waals surface area contributed by atoms with E-state index in [0.29, 0.717) is 11.5 Å². The number of aryl methyl sites for hydroxylation is 1. The summed E-state index contributed by atoms with van der Waals surface area (Å²) in [6.07, 6.45) is 0.931. The Balaban J connectivity index is 2.20. The number of carbonyl (C=O) groups excluding carboxylic acids is 1. The fourth-order valence-electron chi connectivity index (χ4n) is 1.91. The quantitative estimate of drug-likeness (QED) is 0.704. The average Bonchev–Trinajstić information content (AvgIpc) is 2.89. The van der Waals surface area contributed by atoms with Gasteiger partial charge in [-0.05, 0) is 43.4 Å². The van der Waals surface area contributed by atoms with Gasteiger partial charge in [0.05, 0.1) is 0 Å². The van der Waals surface area contributed by atoms with Gasteiger partial charge in [-0.15, -0.1) is 0 Å². The lowest BCUT2D eigenvalue weighted by atomic mass is 10.1. The van der Waals surface area contributed by atoms with E-state index in [2.05, 4.69) is 0 Å². The zero-order chi connectivity index (χ0) is 10.3. The van der Waals surface area contributed by atoms with Crippen LogP contribution >= 0.6 is 0 Å². The van der Waals surface area contributed by atoms with E-state index >= 15 is 0 Å². The largest absolute Gasteiger partial charge is 0.300 e. The molecule has 0 saturated heterocycles. The third-order valence-corrected chi connectivity index (χ3v) is 2.92. The summed E-state index contributed by atoms with van der Waals surface area (Å²) in [5.74, 6) is 0.595. The average molecular weight is 192 g/mol. The predicted molar refractivity (Wildman–Crippen MR) is 52.7 cm³/mol. The van der Waals surface area contributed by atoms with Gasteiger partial charge < -0.3 is 0 Å². The van der Waals surface area contributed by atoms with Crippen LogP contribution in [0, 0.1) is 18.7 Å². The van der Waals surface area contributed by atoms with Crippen LogP contribution < -0.4 is 0 Å². The van der Waals surface area contributed by atoms with Crippen molar-refractivity contribution in [3.63, 3.8) is 0 Å². The monoisotopic (exact) mass is 192 g/mol. The Morgan fingerprint density at radius 3 is 2.71 bits per heavy atom. The Bertz CT molecular complexity index is 384. The lowest BCUT2D eigenvalue weighted by Crippen LogP contribution is -1.95. The maximum absolute atomic E-state index is 13.0. The van der Waals surface area contributed by atoms with Crippen molar-refractivity contribution in [1.29, 1.82) is 0 Å². The number of carbonyl (C=O) groups is 1. The van der Waals surface area contributed by atoms with Crippen molar-refractivity contribution in [3.8, 4) is 0 Å². The summed E-state index contributed by atoms with van der Waals surface area (Å²) in [7, 11) is 0. The van der Waals surface area contributed by atoms with E-state index in [0.717, 1.165) is 12.0 Å². The lowest BCUT2D eigenvalue weighted by Gasteiger charge is -2.01. The van der Waals surface area contributed by atoms with Crippen molar-refractivity contribution >= 4 is 5.78 Å². The van der Waals surface area contributed by atoms with Crippen LogP contribution in [0.3, 0.4) is 0 Å². The van der Waals surface area contributed by atoms with Crippen LogP contribution in [0.1, 0.15) is 30.4 Å². The maximum atomic E-state index is 13.0. The van der Waals surface area contributed by atoms with Crippen LogP contribution in [0.2, 0.25) is 0 Å². The molecule has 1 aromatic rings. The summed E-state index contributed by atoms with van der Waals surface area (Å²) >= 11 is 0. The van der Waals surface area contributed by atoms with Gasteiger partial charge in [0.25, 0.3) is 0 Å². The molecule has 1 nitrogen and oxygen atoms in total. The van der Waals surface area contributed by atoms with Crippen molar-refractivity contribution in [2.24, 2.45) is 5.92 Å². The second-order valence-electron chi connectivity index (χ2n) is 4.07. The van der Waals surface area contributed by atoms with E-state index in [4.69, 9.17) is 0 Å². The molecule has 1 fully saturated rings. The zero-order valence-electron chi connectivity index (χ0n) is 8.38. The number of hydrogen-bond donors (Lipinski definition) is 0. The van der Waals surface area contributed by atoms with Crippen LogP contribution in [0.5, 0.6) is 0 Å². The number of benzene rings is 1. The summed E-state index contributed by atoms with van der Waals surface area (Å²) in [5, 5.41) is 0. The van der Waals surface area contributed by atoms with Crippen molar-refractivity contribution in [3.05, 3.63) is 35.1 Å². The molecule has 2 heteroatoms. The van der Waals surface area contributed by atoms with Gasteiger partial charge in [0.2, 0.25) is 0 Å². The number of Topliss-reactive ketones (excluding diaryl/α,β-unsaturated/α-hetero) is 1. The second-order valence-corrected chi connectivity index (χ2v) is 4.07. The van der Waals surface area contributed by atoms with E-state index in [1.807, 2.05) is 6.07 Å². The minimum atomic E-state index is -0.172. The molecule has 14 heavy (non-hydrogen) atoms. The van der Waals surface area contributed by atoms with E-state index < -0.39 is 0 Å². The standard InChI is InChI=1S/C12H13FO/c1-7-5-9(3-4-12(7)13)11-6-10(11)8(2)14/h3-5,10-11H,6H2,1-2H3. The minimum absolute atomic E-state index is 0.172. The van der Waals surface area contributed by atoms with E-state index in [-0.39, 0.29) is 17.5 Å². The highest BCUT2D eigenvalue weighted by molar-refractivity contribution is 5.82. The third kappa shape index (κ3) is 1.57. The molecule has 0 N–H and O–H groups in total. The number of ketones is 1. The van der Waals surface area contributed by atoms with E-state index in [1.54, 1.807) is 19.9 Å². The topological polar surface area (TPSA) is 17.1 Å². The summed E-state index contributed by atoms with van der Waals surface area (Å²) in [4.78, 5) is 11.1. The van der Waals surface area contributed by atoms with E-state index in [1.165, 1.54) is 6.07 Å². The molecule has 0 bridgehead atoms. The summed E-state index contributed by atoms with van der Waals surface area (Å²) in [6, 6.07) is 5.12. The first-order valence-corrected chi connectivity index (χ1v) is 4.86. The summed E-state index contributed by atoms with van der Waals surface area (Å²) in [5.41, 5.74) is 1.76. The molecule has 0 spiro atoms. The van der Waals surface area contributed by atoms with Crippen molar-refractivity contribution < 1.29 is 9.18 Å². The zero-order valence-corrected chi connectivity index (χ0v) is 8.38. The van der Waals surface area contributed by atoms with Gasteiger partial charge >= 0.3 is 0 Å². The normalized spacial score (nSPS) is 24.8. The Labute approximate surface area is 82.9 Å². The lowest BCUT2D eigenvalue weighted by molar-refractivity contribution is -0.118. The van der Waals surface area contributed by atoms with Gasteiger partial charge in [0.15, 0.2) is 0 Å². The molecule has 1 aliphatic rings. The summed E-state index contributed by atoms with van der Waals surface area (Å²) < 4.78 is 13.0. The highest BCUT2D eigenvalue weighted by atomic mass is 19.1. The van der Waals surface area contributed by atoms with Gasteiger partial charge in [-0.1, -0.05) is 12.1 Å². The fourth-order valence-corrected chi connectivity index (χ4v) is 1.91. The molecule has 0 radical (unpaired) electrons. The van der Waals surface area contributed by atoms with E-state index in [9.17, 15) is 9.18 Å². The Kier molecular flexibility index (Phi) is 2.14.